The van der Waals surface area contributed by atoms with Crippen molar-refractivity contribution in [3.63, 3.8) is 0 Å². The first-order chi connectivity index (χ1) is 10.6. The first kappa shape index (κ1) is 14.7. The predicted molar refractivity (Wildman–Crippen MR) is 81.3 cm³/mol. The maximum atomic E-state index is 12.4. The quantitative estimate of drug-likeness (QED) is 0.859. The molecule has 0 N–H and O–H groups in total. The Bertz CT molecular complexity index is 634. The topological polar surface area (TPSA) is 60.3 Å². The summed E-state index contributed by atoms with van der Waals surface area (Å²) in [7, 11) is 1.84. The van der Waals surface area contributed by atoms with Gasteiger partial charge in [-0.2, -0.15) is 5.10 Å². The standard InChI is InChI=1S/C16H20N4O2/c1-12-9-15(18-19(12)2)16(21)20-8-5-14(10-20)22-11-13-3-6-17-7-4-13/h3-4,6-7,9,14H,5,8,10-11H2,1-2H3. The zero-order chi connectivity index (χ0) is 15.5. The van der Waals surface area contributed by atoms with Gasteiger partial charge in [-0.15, -0.1) is 0 Å². The number of aromatic nitrogens is 3. The molecule has 0 spiro atoms. The van der Waals surface area contributed by atoms with Crippen LogP contribution in [0.5, 0.6) is 0 Å². The van der Waals surface area contributed by atoms with Crippen LogP contribution in [0, 0.1) is 6.92 Å². The van der Waals surface area contributed by atoms with Gasteiger partial charge in [0.25, 0.3) is 5.91 Å². The van der Waals surface area contributed by atoms with E-state index < -0.39 is 0 Å². The van der Waals surface area contributed by atoms with Crippen molar-refractivity contribution < 1.29 is 9.53 Å². The molecule has 3 heterocycles. The molecule has 1 unspecified atom stereocenters. The van der Waals surface area contributed by atoms with Crippen molar-refractivity contribution in [3.8, 4) is 0 Å². The molecular weight excluding hydrogens is 280 g/mol. The molecule has 6 nitrogen and oxygen atoms in total. The van der Waals surface area contributed by atoms with Crippen LogP contribution < -0.4 is 0 Å². The van der Waals surface area contributed by atoms with Crippen molar-refractivity contribution >= 4 is 5.91 Å². The van der Waals surface area contributed by atoms with Crippen LogP contribution in [0.25, 0.3) is 0 Å². The second-order valence-corrected chi connectivity index (χ2v) is 5.62. The third kappa shape index (κ3) is 3.17. The van der Waals surface area contributed by atoms with Gasteiger partial charge in [-0.3, -0.25) is 14.5 Å². The maximum Gasteiger partial charge on any atom is 0.274 e. The van der Waals surface area contributed by atoms with Gasteiger partial charge >= 0.3 is 0 Å². The van der Waals surface area contributed by atoms with E-state index in [1.54, 1.807) is 17.1 Å². The van der Waals surface area contributed by atoms with E-state index in [0.717, 1.165) is 24.2 Å². The van der Waals surface area contributed by atoms with Crippen molar-refractivity contribution in [1.29, 1.82) is 0 Å². The molecule has 22 heavy (non-hydrogen) atoms. The highest BCUT2D eigenvalue weighted by atomic mass is 16.5. The van der Waals surface area contributed by atoms with Crippen LogP contribution in [0.1, 0.15) is 28.2 Å². The van der Waals surface area contributed by atoms with Crippen LogP contribution in [0.15, 0.2) is 30.6 Å². The molecule has 0 saturated carbocycles. The number of hydrogen-bond acceptors (Lipinski definition) is 4. The van der Waals surface area contributed by atoms with Crippen LogP contribution in [0.3, 0.4) is 0 Å². The van der Waals surface area contributed by atoms with Gasteiger partial charge in [-0.1, -0.05) is 0 Å². The van der Waals surface area contributed by atoms with E-state index in [1.165, 1.54) is 0 Å². The second-order valence-electron chi connectivity index (χ2n) is 5.62. The van der Waals surface area contributed by atoms with E-state index in [2.05, 4.69) is 10.1 Å². The molecule has 1 amide bonds. The van der Waals surface area contributed by atoms with Crippen molar-refractivity contribution in [3.05, 3.63) is 47.5 Å². The molecule has 6 heteroatoms. The number of carbonyl (C=O) groups excluding carboxylic acids is 1. The summed E-state index contributed by atoms with van der Waals surface area (Å²) in [5.74, 6) is -0.0151. The van der Waals surface area contributed by atoms with E-state index >= 15 is 0 Å². The smallest absolute Gasteiger partial charge is 0.274 e. The van der Waals surface area contributed by atoms with Crippen LogP contribution >= 0.6 is 0 Å². The lowest BCUT2D eigenvalue weighted by molar-refractivity contribution is 0.0436. The Kier molecular flexibility index (Phi) is 4.20. The second kappa shape index (κ2) is 6.27. The molecule has 1 aliphatic heterocycles. The van der Waals surface area contributed by atoms with Crippen molar-refractivity contribution in [2.45, 2.75) is 26.1 Å². The Morgan fingerprint density at radius 2 is 2.18 bits per heavy atom. The van der Waals surface area contributed by atoms with Gasteiger partial charge in [0.15, 0.2) is 5.69 Å². The molecule has 2 aromatic heterocycles. The van der Waals surface area contributed by atoms with E-state index in [4.69, 9.17) is 4.74 Å². The lowest BCUT2D eigenvalue weighted by atomic mass is 10.3. The zero-order valence-electron chi connectivity index (χ0n) is 12.9. The number of nitrogens with zero attached hydrogens (tertiary/aromatic N) is 4. The van der Waals surface area contributed by atoms with Crippen LogP contribution in [-0.4, -0.2) is 44.8 Å². The lowest BCUT2D eigenvalue weighted by Gasteiger charge is -2.15. The minimum absolute atomic E-state index is 0.0151. The number of rotatable bonds is 4. The first-order valence-corrected chi connectivity index (χ1v) is 7.44. The van der Waals surface area contributed by atoms with E-state index in [0.29, 0.717) is 18.8 Å². The highest BCUT2D eigenvalue weighted by Crippen LogP contribution is 2.17. The van der Waals surface area contributed by atoms with Gasteiger partial charge in [0, 0.05) is 38.2 Å². The Morgan fingerprint density at radius 1 is 1.41 bits per heavy atom. The predicted octanol–water partition coefficient (Wildman–Crippen LogP) is 1.55. The SMILES string of the molecule is Cc1cc(C(=O)N2CCC(OCc3ccncc3)C2)nn1C. The van der Waals surface area contributed by atoms with Crippen molar-refractivity contribution in [2.75, 3.05) is 13.1 Å². The van der Waals surface area contributed by atoms with Gasteiger partial charge in [0.05, 0.1) is 12.7 Å². The fourth-order valence-electron chi connectivity index (χ4n) is 2.57. The van der Waals surface area contributed by atoms with Gasteiger partial charge < -0.3 is 9.64 Å². The number of amides is 1. The van der Waals surface area contributed by atoms with Gasteiger partial charge in [-0.25, -0.2) is 0 Å². The average Bonchev–Trinajstić information content (AvgIpc) is 3.13. The molecule has 1 aliphatic rings. The lowest BCUT2D eigenvalue weighted by Crippen LogP contribution is -2.30. The van der Waals surface area contributed by atoms with Crippen LogP contribution in [0.2, 0.25) is 0 Å². The molecule has 0 radical (unpaired) electrons. The third-order valence-corrected chi connectivity index (χ3v) is 4.00. The fraction of sp³-hybridized carbons (Fsp3) is 0.438. The molecule has 1 saturated heterocycles. The molecule has 116 valence electrons. The van der Waals surface area contributed by atoms with Gasteiger partial charge in [-0.05, 0) is 37.1 Å². The van der Waals surface area contributed by atoms with Crippen molar-refractivity contribution in [2.24, 2.45) is 7.05 Å². The Balaban J connectivity index is 1.54. The molecular formula is C16H20N4O2. The monoisotopic (exact) mass is 300 g/mol. The molecule has 0 bridgehead atoms. The summed E-state index contributed by atoms with van der Waals surface area (Å²) >= 11 is 0. The number of likely N-dealkylation sites (tertiary alicyclic amines) is 1. The number of aryl methyl sites for hydroxylation is 2. The van der Waals surface area contributed by atoms with Crippen molar-refractivity contribution in [1.82, 2.24) is 19.7 Å². The summed E-state index contributed by atoms with van der Waals surface area (Å²) in [6, 6.07) is 5.70. The van der Waals surface area contributed by atoms with E-state index in [-0.39, 0.29) is 12.0 Å². The highest BCUT2D eigenvalue weighted by molar-refractivity contribution is 5.92. The molecule has 1 fully saturated rings. The van der Waals surface area contributed by atoms with Crippen LogP contribution in [-0.2, 0) is 18.4 Å². The number of hydrogen-bond donors (Lipinski definition) is 0. The van der Waals surface area contributed by atoms with E-state index in [9.17, 15) is 4.79 Å². The molecule has 3 rings (SSSR count). The third-order valence-electron chi connectivity index (χ3n) is 4.00. The summed E-state index contributed by atoms with van der Waals surface area (Å²) in [5, 5.41) is 4.25. The average molecular weight is 300 g/mol. The summed E-state index contributed by atoms with van der Waals surface area (Å²) in [5.41, 5.74) is 2.59. The minimum atomic E-state index is -0.0151. The molecule has 2 aromatic rings. The Morgan fingerprint density at radius 3 is 2.86 bits per heavy atom. The van der Waals surface area contributed by atoms with Crippen LogP contribution in [0.4, 0.5) is 0 Å². The summed E-state index contributed by atoms with van der Waals surface area (Å²) in [6.45, 7) is 3.83. The fourth-order valence-corrected chi connectivity index (χ4v) is 2.57. The largest absolute Gasteiger partial charge is 0.372 e. The normalized spacial score (nSPS) is 17.9. The maximum absolute atomic E-state index is 12.4. The van der Waals surface area contributed by atoms with E-state index in [1.807, 2.05) is 37.1 Å². The number of pyridine rings is 1. The molecule has 0 aliphatic carbocycles. The number of carbonyl (C=O) groups is 1. The Labute approximate surface area is 129 Å². The molecule has 1 atom stereocenters. The summed E-state index contributed by atoms with van der Waals surface area (Å²) in [6.07, 6.45) is 4.46. The first-order valence-electron chi connectivity index (χ1n) is 7.44. The van der Waals surface area contributed by atoms with Gasteiger partial charge in [0.2, 0.25) is 0 Å². The Hall–Kier alpha value is -2.21. The molecule has 0 aromatic carbocycles. The summed E-state index contributed by atoms with van der Waals surface area (Å²) < 4.78 is 7.61. The zero-order valence-corrected chi connectivity index (χ0v) is 12.9. The summed E-state index contributed by atoms with van der Waals surface area (Å²) in [4.78, 5) is 18.2. The minimum Gasteiger partial charge on any atom is -0.372 e. The highest BCUT2D eigenvalue weighted by Gasteiger charge is 2.28. The number of ether oxygens (including phenoxy) is 1. The van der Waals surface area contributed by atoms with Gasteiger partial charge in [0.1, 0.15) is 0 Å².